The summed E-state index contributed by atoms with van der Waals surface area (Å²) in [5.74, 6) is 1.30. The van der Waals surface area contributed by atoms with Crippen molar-refractivity contribution in [2.75, 3.05) is 22.9 Å². The van der Waals surface area contributed by atoms with Gasteiger partial charge in [-0.05, 0) is 138 Å². The van der Waals surface area contributed by atoms with Crippen molar-refractivity contribution in [3.63, 3.8) is 0 Å². The van der Waals surface area contributed by atoms with Crippen LogP contribution in [0.2, 0.25) is 0 Å². The largest absolute Gasteiger partial charge is 0.325 e. The van der Waals surface area contributed by atoms with E-state index in [-0.39, 0.29) is 10.8 Å². The van der Waals surface area contributed by atoms with Crippen molar-refractivity contribution in [2.45, 2.75) is 148 Å². The van der Waals surface area contributed by atoms with Crippen molar-refractivity contribution >= 4 is 46.9 Å². The molecule has 47 heavy (non-hydrogen) atoms. The molecular formula is C42H59Cl2N2P. The molecule has 3 aliphatic carbocycles. The molecule has 4 fully saturated rings. The predicted molar refractivity (Wildman–Crippen MR) is 211 cm³/mol. The number of hydrogen-bond donors (Lipinski definition) is 0. The van der Waals surface area contributed by atoms with E-state index < -0.39 is 11.5 Å². The molecule has 2 nitrogen and oxygen atoms in total. The van der Waals surface area contributed by atoms with Crippen molar-refractivity contribution in [1.29, 1.82) is 0 Å². The molecule has 0 amide bonds. The summed E-state index contributed by atoms with van der Waals surface area (Å²) in [5.41, 5.74) is 17.7. The highest BCUT2D eigenvalue weighted by Crippen LogP contribution is 2.78. The number of aryl methyl sites for hydroxylation is 6. The number of benzene rings is 2. The molecule has 1 heterocycles. The number of halogens is 2. The number of nitrogens with zero attached hydrogens (tertiary/aromatic N) is 2. The molecule has 2 unspecified atom stereocenters. The first-order valence-electron chi connectivity index (χ1n) is 18.5. The number of anilines is 2. The van der Waals surface area contributed by atoms with E-state index in [0.717, 1.165) is 25.9 Å². The van der Waals surface area contributed by atoms with E-state index in [2.05, 4.69) is 108 Å². The fourth-order valence-electron chi connectivity index (χ4n) is 10.1. The van der Waals surface area contributed by atoms with E-state index in [9.17, 15) is 0 Å². The van der Waals surface area contributed by atoms with E-state index >= 15 is 0 Å². The zero-order valence-electron chi connectivity index (χ0n) is 30.7. The summed E-state index contributed by atoms with van der Waals surface area (Å²) in [4.78, 5) is 5.24. The van der Waals surface area contributed by atoms with Crippen LogP contribution in [0.25, 0.3) is 0 Å². The SMILES string of the molecule is Cc1cc(C)c(N2CCN(c3c(C)cc(C)cc3C)C2=C2CCC(Cl)(P(=C=CC(C)(C)C)(C3CCCC3)C3CCCC3)C2Cl)c(C)c1. The lowest BCUT2D eigenvalue weighted by atomic mass is 9.98. The van der Waals surface area contributed by atoms with Gasteiger partial charge in [-0.3, -0.25) is 0 Å². The highest BCUT2D eigenvalue weighted by Gasteiger charge is 2.59. The van der Waals surface area contributed by atoms with Crippen LogP contribution in [0.1, 0.15) is 118 Å². The third kappa shape index (κ3) is 6.22. The lowest BCUT2D eigenvalue weighted by Gasteiger charge is -2.48. The van der Waals surface area contributed by atoms with Gasteiger partial charge in [0.25, 0.3) is 0 Å². The molecule has 6 rings (SSSR count). The van der Waals surface area contributed by atoms with Gasteiger partial charge < -0.3 is 9.80 Å². The van der Waals surface area contributed by atoms with Gasteiger partial charge in [0.1, 0.15) is 5.82 Å². The highest BCUT2D eigenvalue weighted by atomic mass is 35.5. The molecule has 256 valence electrons. The van der Waals surface area contributed by atoms with Gasteiger partial charge in [0, 0.05) is 24.5 Å². The zero-order valence-corrected chi connectivity index (χ0v) is 33.1. The van der Waals surface area contributed by atoms with Crippen LogP contribution in [-0.4, -0.2) is 39.9 Å². The van der Waals surface area contributed by atoms with Gasteiger partial charge in [0.05, 0.1) is 9.99 Å². The monoisotopic (exact) mass is 692 g/mol. The lowest BCUT2D eigenvalue weighted by molar-refractivity contribution is 0.549. The summed E-state index contributed by atoms with van der Waals surface area (Å²) in [6.45, 7) is 20.5. The maximum Gasteiger partial charge on any atom is 0.114 e. The highest BCUT2D eigenvalue weighted by molar-refractivity contribution is 7.78. The molecule has 0 spiro atoms. The normalized spacial score (nSPS) is 24.6. The molecule has 4 aliphatic rings. The Bertz CT molecular complexity index is 1510. The Morgan fingerprint density at radius 2 is 1.15 bits per heavy atom. The smallest absolute Gasteiger partial charge is 0.114 e. The van der Waals surface area contributed by atoms with Crippen molar-refractivity contribution < 1.29 is 0 Å². The molecule has 2 atom stereocenters. The Morgan fingerprint density at radius 3 is 1.53 bits per heavy atom. The van der Waals surface area contributed by atoms with E-state index in [1.807, 2.05) is 0 Å². The Morgan fingerprint density at radius 1 is 0.745 bits per heavy atom. The van der Waals surface area contributed by atoms with Gasteiger partial charge in [-0.1, -0.05) is 81.8 Å². The molecule has 0 aromatic heterocycles. The quantitative estimate of drug-likeness (QED) is 0.227. The van der Waals surface area contributed by atoms with Gasteiger partial charge in [-0.25, -0.2) is 0 Å². The molecule has 0 bridgehead atoms. The number of hydrogen-bond acceptors (Lipinski definition) is 2. The Kier molecular flexibility index (Phi) is 9.97. The van der Waals surface area contributed by atoms with Gasteiger partial charge in [0.2, 0.25) is 0 Å². The molecule has 1 aliphatic heterocycles. The molecule has 0 N–H and O–H groups in total. The molecule has 3 saturated carbocycles. The average Bonchev–Trinajstić information content (AvgIpc) is 3.79. The van der Waals surface area contributed by atoms with Crippen molar-refractivity contribution in [3.05, 3.63) is 75.1 Å². The minimum atomic E-state index is -1.96. The second-order valence-electron chi connectivity index (χ2n) is 16.6. The summed E-state index contributed by atoms with van der Waals surface area (Å²) in [6, 6.07) is 9.38. The molecule has 0 radical (unpaired) electrons. The van der Waals surface area contributed by atoms with Crippen LogP contribution in [0.5, 0.6) is 0 Å². The van der Waals surface area contributed by atoms with Gasteiger partial charge in [-0.2, -0.15) is 0 Å². The van der Waals surface area contributed by atoms with Crippen LogP contribution in [0.4, 0.5) is 11.4 Å². The minimum Gasteiger partial charge on any atom is -0.325 e. The second kappa shape index (κ2) is 13.3. The molecular weight excluding hydrogens is 634 g/mol. The summed E-state index contributed by atoms with van der Waals surface area (Å²) < 4.78 is -0.475. The van der Waals surface area contributed by atoms with Crippen molar-refractivity contribution in [1.82, 2.24) is 0 Å². The summed E-state index contributed by atoms with van der Waals surface area (Å²) in [6.07, 6.45) is 14.8. The number of rotatable bonds is 5. The predicted octanol–water partition coefficient (Wildman–Crippen LogP) is 12.3. The molecule has 5 heteroatoms. The minimum absolute atomic E-state index is 0.0669. The van der Waals surface area contributed by atoms with E-state index in [1.54, 1.807) is 0 Å². The van der Waals surface area contributed by atoms with Crippen molar-refractivity contribution in [2.24, 2.45) is 5.41 Å². The Hall–Kier alpha value is -1.56. The Labute approximate surface area is 297 Å². The fourth-order valence-corrected chi connectivity index (χ4v) is 18.5. The van der Waals surface area contributed by atoms with Crippen LogP contribution in [-0.2, 0) is 0 Å². The standard InChI is InChI=1S/C42H59Cl2N2P/c1-28-24-30(3)37(31(4)25-28)45-21-22-46(38-32(5)26-29(2)27-33(38)6)40(45)36-18-19-42(44,39(36)43)47(23-20-41(7,8)9,34-14-10-11-15-34)35-16-12-13-17-35/h20,24-27,34-35,39H,10-19,21-22H2,1-9H3. The zero-order chi connectivity index (χ0) is 33.9. The van der Waals surface area contributed by atoms with Gasteiger partial charge in [-0.15, -0.1) is 28.7 Å². The second-order valence-corrected chi connectivity index (χ2v) is 22.1. The van der Waals surface area contributed by atoms with Crippen molar-refractivity contribution in [3.8, 4) is 0 Å². The van der Waals surface area contributed by atoms with E-state index in [0.29, 0.717) is 11.3 Å². The maximum absolute atomic E-state index is 8.42. The summed E-state index contributed by atoms with van der Waals surface area (Å²) >= 11 is 16.5. The topological polar surface area (TPSA) is 6.48 Å². The first-order chi connectivity index (χ1) is 22.2. The number of alkyl halides is 2. The van der Waals surface area contributed by atoms with Crippen LogP contribution in [0, 0.1) is 47.0 Å². The van der Waals surface area contributed by atoms with Crippen LogP contribution < -0.4 is 9.80 Å². The fraction of sp³-hybridized carbons (Fsp3) is 0.619. The number of allylic oxidation sites excluding steroid dienone is 2. The maximum atomic E-state index is 8.42. The summed E-state index contributed by atoms with van der Waals surface area (Å²) in [7, 11) is 0. The average molecular weight is 694 g/mol. The van der Waals surface area contributed by atoms with Crippen LogP contribution in [0.3, 0.4) is 0 Å². The van der Waals surface area contributed by atoms with Gasteiger partial charge >= 0.3 is 0 Å². The third-order valence-corrected chi connectivity index (χ3v) is 19.5. The third-order valence-electron chi connectivity index (χ3n) is 11.7. The lowest BCUT2D eigenvalue weighted by Crippen LogP contribution is -2.38. The first-order valence-corrected chi connectivity index (χ1v) is 21.2. The molecule has 2 aromatic carbocycles. The van der Waals surface area contributed by atoms with Crippen LogP contribution >= 0.6 is 30.1 Å². The van der Waals surface area contributed by atoms with Crippen LogP contribution in [0.15, 0.2) is 41.7 Å². The van der Waals surface area contributed by atoms with Gasteiger partial charge in [0.15, 0.2) is 0 Å². The first kappa shape index (κ1) is 35.3. The molecule has 2 aromatic rings. The molecule has 1 saturated heterocycles. The van der Waals surface area contributed by atoms with E-state index in [4.69, 9.17) is 23.2 Å². The van der Waals surface area contributed by atoms with E-state index in [1.165, 1.54) is 108 Å². The summed E-state index contributed by atoms with van der Waals surface area (Å²) in [5, 5.41) is -0.227. The Balaban J connectivity index is 1.60.